The van der Waals surface area contributed by atoms with Gasteiger partial charge in [-0.05, 0) is 31.6 Å². The van der Waals surface area contributed by atoms with Crippen molar-refractivity contribution in [3.63, 3.8) is 0 Å². The van der Waals surface area contributed by atoms with Gasteiger partial charge in [-0.25, -0.2) is 9.97 Å². The summed E-state index contributed by atoms with van der Waals surface area (Å²) in [6, 6.07) is 2.01. The van der Waals surface area contributed by atoms with Gasteiger partial charge in [0, 0.05) is 11.4 Å². The van der Waals surface area contributed by atoms with Crippen molar-refractivity contribution in [1.29, 1.82) is 0 Å². The fourth-order valence-electron chi connectivity index (χ4n) is 2.11. The molecule has 0 aromatic carbocycles. The summed E-state index contributed by atoms with van der Waals surface area (Å²) in [5, 5.41) is 4.11. The van der Waals surface area contributed by atoms with Crippen LogP contribution in [0, 0.1) is 13.8 Å². The van der Waals surface area contributed by atoms with E-state index in [1.54, 1.807) is 6.08 Å². The van der Waals surface area contributed by atoms with Crippen molar-refractivity contribution in [1.82, 2.24) is 20.3 Å². The lowest BCUT2D eigenvalue weighted by Gasteiger charge is -1.99. The van der Waals surface area contributed by atoms with Crippen LogP contribution in [0.5, 0.6) is 0 Å². The first-order valence-corrected chi connectivity index (χ1v) is 6.09. The van der Waals surface area contributed by atoms with E-state index >= 15 is 0 Å². The predicted octanol–water partition coefficient (Wildman–Crippen LogP) is 2.39. The maximum absolute atomic E-state index is 11.9. The second-order valence-electron chi connectivity index (χ2n) is 4.39. The summed E-state index contributed by atoms with van der Waals surface area (Å²) >= 11 is 6.03. The van der Waals surface area contributed by atoms with Crippen LogP contribution in [0.25, 0.3) is 11.6 Å². The molecule has 1 N–H and O–H groups in total. The van der Waals surface area contributed by atoms with Gasteiger partial charge in [-0.1, -0.05) is 11.6 Å². The summed E-state index contributed by atoms with van der Waals surface area (Å²) < 4.78 is 0. The number of carbonyl (C=O) groups is 1. The van der Waals surface area contributed by atoms with Gasteiger partial charge in [0.15, 0.2) is 5.82 Å². The molecule has 2 aromatic rings. The van der Waals surface area contributed by atoms with Gasteiger partial charge in [-0.2, -0.15) is 5.32 Å². The van der Waals surface area contributed by atoms with Crippen LogP contribution in [-0.4, -0.2) is 20.9 Å². The van der Waals surface area contributed by atoms with E-state index in [1.807, 2.05) is 19.9 Å². The Labute approximate surface area is 114 Å². The predicted molar refractivity (Wildman–Crippen MR) is 72.0 cm³/mol. The van der Waals surface area contributed by atoms with Gasteiger partial charge < -0.3 is 4.98 Å². The molecule has 3 heterocycles. The molecule has 0 unspecified atom stereocenters. The molecule has 0 saturated carbocycles. The Morgan fingerprint density at radius 3 is 2.79 bits per heavy atom. The smallest absolute Gasteiger partial charge is 0.279 e. The number of carbonyl (C=O) groups excluding carboxylic acids is 1. The number of fused-ring (bicyclic) bond motifs is 1. The Bertz CT molecular complexity index is 717. The number of halogens is 1. The number of aryl methyl sites for hydroxylation is 2. The molecule has 0 saturated heterocycles. The lowest BCUT2D eigenvalue weighted by molar-refractivity contribution is -0.114. The monoisotopic (exact) mass is 273 g/mol. The van der Waals surface area contributed by atoms with E-state index < -0.39 is 0 Å². The van der Waals surface area contributed by atoms with Crippen molar-refractivity contribution in [3.05, 3.63) is 40.1 Å². The average molecular weight is 274 g/mol. The number of aromatic amines is 1. The Hall–Kier alpha value is -2.14. The number of rotatable bonds is 1. The Balaban J connectivity index is 2.17. The maximum Gasteiger partial charge on any atom is 0.279 e. The summed E-state index contributed by atoms with van der Waals surface area (Å²) in [5.41, 5.74) is 3.87. The molecule has 1 aliphatic rings. The molecule has 0 atom stereocenters. The zero-order valence-corrected chi connectivity index (χ0v) is 11.1. The molecular formula is C13H10ClN4O. The largest absolute Gasteiger partial charge is 0.359 e. The van der Waals surface area contributed by atoms with Gasteiger partial charge >= 0.3 is 0 Å². The third kappa shape index (κ3) is 1.92. The highest BCUT2D eigenvalue weighted by Crippen LogP contribution is 2.35. The van der Waals surface area contributed by atoms with Crippen molar-refractivity contribution in [3.8, 4) is 0 Å². The van der Waals surface area contributed by atoms with Crippen molar-refractivity contribution in [2.24, 2.45) is 0 Å². The van der Waals surface area contributed by atoms with Crippen molar-refractivity contribution >= 4 is 35.0 Å². The van der Waals surface area contributed by atoms with Gasteiger partial charge in [0.2, 0.25) is 0 Å². The van der Waals surface area contributed by atoms with Gasteiger partial charge in [0.1, 0.15) is 11.5 Å². The molecule has 5 nitrogen and oxygen atoms in total. The van der Waals surface area contributed by atoms with Crippen LogP contribution in [0.4, 0.5) is 5.82 Å². The van der Waals surface area contributed by atoms with Gasteiger partial charge in [0.25, 0.3) is 5.91 Å². The molecule has 0 fully saturated rings. The minimum Gasteiger partial charge on any atom is -0.359 e. The lowest BCUT2D eigenvalue weighted by atomic mass is 10.1. The van der Waals surface area contributed by atoms with Crippen LogP contribution >= 0.6 is 11.6 Å². The number of amides is 1. The Morgan fingerprint density at radius 2 is 2.11 bits per heavy atom. The first kappa shape index (κ1) is 11.9. The molecule has 1 aliphatic heterocycles. The molecule has 19 heavy (non-hydrogen) atoms. The topological polar surface area (TPSA) is 72.7 Å². The zero-order valence-electron chi connectivity index (χ0n) is 10.4. The lowest BCUT2D eigenvalue weighted by Crippen LogP contribution is -2.03. The summed E-state index contributed by atoms with van der Waals surface area (Å²) in [7, 11) is 0. The van der Waals surface area contributed by atoms with E-state index in [0.717, 1.165) is 17.0 Å². The third-order valence-electron chi connectivity index (χ3n) is 2.97. The van der Waals surface area contributed by atoms with Gasteiger partial charge in [-0.3, -0.25) is 4.79 Å². The second kappa shape index (κ2) is 4.20. The molecule has 0 bridgehead atoms. The Kier molecular flexibility index (Phi) is 2.64. The third-order valence-corrected chi connectivity index (χ3v) is 3.25. The number of H-pyrrole nitrogens is 1. The van der Waals surface area contributed by atoms with Crippen LogP contribution in [-0.2, 0) is 4.79 Å². The minimum atomic E-state index is -0.343. The van der Waals surface area contributed by atoms with E-state index in [0.29, 0.717) is 17.0 Å². The van der Waals surface area contributed by atoms with Gasteiger partial charge in [-0.15, -0.1) is 0 Å². The average Bonchev–Trinajstić information content (AvgIpc) is 2.82. The fourth-order valence-corrected chi connectivity index (χ4v) is 2.34. The second-order valence-corrected chi connectivity index (χ2v) is 4.75. The van der Waals surface area contributed by atoms with Crippen molar-refractivity contribution < 1.29 is 4.79 Å². The summed E-state index contributed by atoms with van der Waals surface area (Å²) in [5.74, 6) is -0.0127. The fraction of sp³-hybridized carbons (Fsp3) is 0.154. The highest BCUT2D eigenvalue weighted by molar-refractivity contribution is 6.38. The summed E-state index contributed by atoms with van der Waals surface area (Å²) in [6.45, 7) is 3.93. The van der Waals surface area contributed by atoms with Gasteiger partial charge in [0.05, 0.1) is 11.1 Å². The van der Waals surface area contributed by atoms with Crippen LogP contribution in [0.1, 0.15) is 22.5 Å². The van der Waals surface area contributed by atoms with Crippen molar-refractivity contribution in [2.45, 2.75) is 13.8 Å². The molecule has 95 valence electrons. The molecule has 3 rings (SSSR count). The van der Waals surface area contributed by atoms with Crippen LogP contribution in [0.2, 0.25) is 5.15 Å². The molecule has 0 aliphatic carbocycles. The van der Waals surface area contributed by atoms with E-state index in [4.69, 9.17) is 11.6 Å². The maximum atomic E-state index is 11.9. The molecule has 2 aromatic heterocycles. The highest BCUT2D eigenvalue weighted by Gasteiger charge is 2.30. The standard InChI is InChI=1S/C13H10ClN4O/c1-6-3-7(2)17-9(6)4-8-10-11(14)15-5-16-12(10)18-13(8)19/h3-5,17H,1-2H3. The number of hydrogen-bond acceptors (Lipinski definition) is 3. The number of nitrogens with one attached hydrogen (secondary N) is 1. The quantitative estimate of drug-likeness (QED) is 0.640. The van der Waals surface area contributed by atoms with E-state index in [-0.39, 0.29) is 11.1 Å². The van der Waals surface area contributed by atoms with Crippen LogP contribution in [0.3, 0.4) is 0 Å². The van der Waals surface area contributed by atoms with Crippen LogP contribution < -0.4 is 5.32 Å². The molecule has 0 spiro atoms. The number of aromatic nitrogens is 3. The van der Waals surface area contributed by atoms with Crippen LogP contribution in [0.15, 0.2) is 12.4 Å². The summed E-state index contributed by atoms with van der Waals surface area (Å²) in [4.78, 5) is 23.0. The zero-order chi connectivity index (χ0) is 13.6. The minimum absolute atomic E-state index is 0.242. The SMILES string of the molecule is Cc1cc(C)c(C=C2C(=O)[N]c3ncnc(Cl)c32)[nH]1. The number of nitrogens with zero attached hydrogens (tertiary/aromatic N) is 3. The first-order valence-electron chi connectivity index (χ1n) is 5.71. The van der Waals surface area contributed by atoms with Crippen molar-refractivity contribution in [2.75, 3.05) is 0 Å². The van der Waals surface area contributed by atoms with E-state index in [9.17, 15) is 4.79 Å². The Morgan fingerprint density at radius 1 is 1.32 bits per heavy atom. The molecular weight excluding hydrogens is 264 g/mol. The first-order chi connectivity index (χ1) is 9.06. The molecule has 1 radical (unpaired) electrons. The van der Waals surface area contributed by atoms with E-state index in [1.165, 1.54) is 6.33 Å². The number of hydrogen-bond donors (Lipinski definition) is 1. The highest BCUT2D eigenvalue weighted by atomic mass is 35.5. The molecule has 6 heteroatoms. The normalized spacial score (nSPS) is 15.7. The summed E-state index contributed by atoms with van der Waals surface area (Å²) in [6.07, 6.45) is 3.04. The molecule has 1 amide bonds. The van der Waals surface area contributed by atoms with E-state index in [2.05, 4.69) is 20.3 Å².